The molecular weight excluding hydrogens is 354 g/mol. The number of nitrogens with one attached hydrogen (secondary N) is 2. The van der Waals surface area contributed by atoms with Gasteiger partial charge >= 0.3 is 6.03 Å². The molecule has 0 radical (unpaired) electrons. The summed E-state index contributed by atoms with van der Waals surface area (Å²) in [7, 11) is 0. The highest BCUT2D eigenvalue weighted by molar-refractivity contribution is 6.30. The Morgan fingerprint density at radius 1 is 1.35 bits per heavy atom. The Balaban J connectivity index is 1.36. The Morgan fingerprint density at radius 3 is 2.92 bits per heavy atom. The molecule has 1 aromatic heterocycles. The fraction of sp³-hybridized carbons (Fsp3) is 0.389. The van der Waals surface area contributed by atoms with Crippen molar-refractivity contribution in [2.75, 3.05) is 18.4 Å². The Kier molecular flexibility index (Phi) is 4.55. The average Bonchev–Trinajstić information content (AvgIpc) is 3.17. The first-order valence-corrected chi connectivity index (χ1v) is 9.12. The summed E-state index contributed by atoms with van der Waals surface area (Å²) in [6.45, 7) is 1.22. The molecule has 1 saturated carbocycles. The molecule has 1 aliphatic carbocycles. The Labute approximate surface area is 156 Å². The highest BCUT2D eigenvalue weighted by Gasteiger charge is 2.39. The SMILES string of the molecule is O=C(NC[C@@H]1CC(=O)N(C2CC2)C1)Nc1ccc(Cl)cc1-n1cccn1. The summed E-state index contributed by atoms with van der Waals surface area (Å²) in [5.41, 5.74) is 1.30. The van der Waals surface area contributed by atoms with Crippen LogP contribution in [0.4, 0.5) is 10.5 Å². The van der Waals surface area contributed by atoms with Crippen LogP contribution >= 0.6 is 11.6 Å². The van der Waals surface area contributed by atoms with E-state index in [0.717, 1.165) is 19.4 Å². The first-order chi connectivity index (χ1) is 12.6. The van der Waals surface area contributed by atoms with E-state index in [1.807, 2.05) is 4.90 Å². The number of halogens is 1. The molecular formula is C18H20ClN5O2. The molecule has 0 spiro atoms. The van der Waals surface area contributed by atoms with Crippen LogP contribution in [0, 0.1) is 5.92 Å². The summed E-state index contributed by atoms with van der Waals surface area (Å²) in [6, 6.07) is 7.13. The average molecular weight is 374 g/mol. The number of nitrogens with zero attached hydrogens (tertiary/aromatic N) is 3. The summed E-state index contributed by atoms with van der Waals surface area (Å²) < 4.78 is 1.64. The second-order valence-corrected chi connectivity index (χ2v) is 7.23. The minimum Gasteiger partial charge on any atom is -0.339 e. The van der Waals surface area contributed by atoms with E-state index in [9.17, 15) is 9.59 Å². The van der Waals surface area contributed by atoms with Gasteiger partial charge in [-0.3, -0.25) is 4.79 Å². The van der Waals surface area contributed by atoms with Crippen molar-refractivity contribution in [2.45, 2.75) is 25.3 Å². The lowest BCUT2D eigenvalue weighted by Gasteiger charge is -2.16. The van der Waals surface area contributed by atoms with Crippen LogP contribution in [0.1, 0.15) is 19.3 Å². The number of rotatable bonds is 5. The minimum absolute atomic E-state index is 0.171. The van der Waals surface area contributed by atoms with Crippen molar-refractivity contribution < 1.29 is 9.59 Å². The van der Waals surface area contributed by atoms with Gasteiger partial charge in [-0.1, -0.05) is 11.6 Å². The van der Waals surface area contributed by atoms with Crippen LogP contribution in [-0.4, -0.2) is 45.8 Å². The maximum Gasteiger partial charge on any atom is 0.319 e. The number of hydrogen-bond acceptors (Lipinski definition) is 3. The lowest BCUT2D eigenvalue weighted by molar-refractivity contribution is -0.128. The van der Waals surface area contributed by atoms with Gasteiger partial charge in [0.25, 0.3) is 0 Å². The third kappa shape index (κ3) is 3.67. The van der Waals surface area contributed by atoms with Crippen LogP contribution in [0.3, 0.4) is 0 Å². The van der Waals surface area contributed by atoms with Crippen molar-refractivity contribution in [3.8, 4) is 5.69 Å². The number of anilines is 1. The Morgan fingerprint density at radius 2 is 2.19 bits per heavy atom. The number of amides is 3. The summed E-state index contributed by atoms with van der Waals surface area (Å²) in [6.07, 6.45) is 6.17. The zero-order chi connectivity index (χ0) is 18.1. The summed E-state index contributed by atoms with van der Waals surface area (Å²) in [4.78, 5) is 26.2. The molecule has 7 nitrogen and oxygen atoms in total. The fourth-order valence-electron chi connectivity index (χ4n) is 3.30. The van der Waals surface area contributed by atoms with E-state index < -0.39 is 0 Å². The fourth-order valence-corrected chi connectivity index (χ4v) is 3.47. The van der Waals surface area contributed by atoms with E-state index in [4.69, 9.17) is 11.6 Å². The number of urea groups is 1. The number of carbonyl (C=O) groups excluding carboxylic acids is 2. The predicted molar refractivity (Wildman–Crippen MR) is 98.4 cm³/mol. The van der Waals surface area contributed by atoms with Crippen molar-refractivity contribution in [2.24, 2.45) is 5.92 Å². The van der Waals surface area contributed by atoms with Crippen molar-refractivity contribution in [3.63, 3.8) is 0 Å². The molecule has 2 heterocycles. The summed E-state index contributed by atoms with van der Waals surface area (Å²) in [5, 5.41) is 10.5. The van der Waals surface area contributed by atoms with Crippen LogP contribution < -0.4 is 10.6 Å². The van der Waals surface area contributed by atoms with Crippen molar-refractivity contribution in [3.05, 3.63) is 41.7 Å². The summed E-state index contributed by atoms with van der Waals surface area (Å²) >= 11 is 6.07. The number of aromatic nitrogens is 2. The zero-order valence-corrected chi connectivity index (χ0v) is 14.9. The lowest BCUT2D eigenvalue weighted by atomic mass is 10.1. The molecule has 1 aliphatic heterocycles. The highest BCUT2D eigenvalue weighted by Crippen LogP contribution is 2.32. The van der Waals surface area contributed by atoms with E-state index in [1.54, 1.807) is 41.3 Å². The molecule has 136 valence electrons. The van der Waals surface area contributed by atoms with E-state index in [2.05, 4.69) is 15.7 Å². The number of likely N-dealkylation sites (tertiary alicyclic amines) is 1. The van der Waals surface area contributed by atoms with E-state index in [1.165, 1.54) is 0 Å². The van der Waals surface area contributed by atoms with Crippen LogP contribution in [0.15, 0.2) is 36.7 Å². The monoisotopic (exact) mass is 373 g/mol. The van der Waals surface area contributed by atoms with Gasteiger partial charge in [0.05, 0.1) is 11.4 Å². The van der Waals surface area contributed by atoms with E-state index in [-0.39, 0.29) is 17.9 Å². The molecule has 2 aliphatic rings. The topological polar surface area (TPSA) is 79.3 Å². The lowest BCUT2D eigenvalue weighted by Crippen LogP contribution is -2.34. The van der Waals surface area contributed by atoms with E-state index >= 15 is 0 Å². The van der Waals surface area contributed by atoms with Gasteiger partial charge < -0.3 is 15.5 Å². The molecule has 4 rings (SSSR count). The number of benzene rings is 1. The predicted octanol–water partition coefficient (Wildman–Crippen LogP) is 2.66. The molecule has 8 heteroatoms. The van der Waals surface area contributed by atoms with Gasteiger partial charge in [0.1, 0.15) is 0 Å². The molecule has 1 atom stereocenters. The molecule has 0 unspecified atom stereocenters. The zero-order valence-electron chi connectivity index (χ0n) is 14.2. The van der Waals surface area contributed by atoms with Gasteiger partial charge in [-0.15, -0.1) is 0 Å². The Hall–Kier alpha value is -2.54. The normalized spacial score (nSPS) is 19.7. The molecule has 2 aromatic rings. The van der Waals surface area contributed by atoms with Crippen molar-refractivity contribution in [1.29, 1.82) is 0 Å². The van der Waals surface area contributed by atoms with Gasteiger partial charge in [0, 0.05) is 48.9 Å². The van der Waals surface area contributed by atoms with Gasteiger partial charge in [0.15, 0.2) is 0 Å². The molecule has 1 saturated heterocycles. The molecule has 3 amide bonds. The molecule has 1 aromatic carbocycles. The van der Waals surface area contributed by atoms with Gasteiger partial charge in [0.2, 0.25) is 5.91 Å². The first kappa shape index (κ1) is 16.9. The maximum absolute atomic E-state index is 12.3. The largest absolute Gasteiger partial charge is 0.339 e. The smallest absolute Gasteiger partial charge is 0.319 e. The van der Waals surface area contributed by atoms with Crippen LogP contribution in [0.2, 0.25) is 5.02 Å². The molecule has 26 heavy (non-hydrogen) atoms. The van der Waals surface area contributed by atoms with E-state index in [0.29, 0.717) is 35.4 Å². The van der Waals surface area contributed by atoms with Gasteiger partial charge in [-0.05, 0) is 37.1 Å². The Bertz CT molecular complexity index is 819. The molecule has 2 N–H and O–H groups in total. The van der Waals surface area contributed by atoms with Gasteiger partial charge in [-0.25, -0.2) is 9.48 Å². The summed E-state index contributed by atoms with van der Waals surface area (Å²) in [5.74, 6) is 0.378. The number of carbonyl (C=O) groups is 2. The van der Waals surface area contributed by atoms with Crippen LogP contribution in [0.5, 0.6) is 0 Å². The minimum atomic E-state index is -0.307. The standard InChI is InChI=1S/C18H20ClN5O2/c19-13-2-5-15(16(9-13)24-7-1-6-21-24)22-18(26)20-10-12-8-17(25)23(11-12)14-3-4-14/h1-2,5-7,9,12,14H,3-4,8,10-11H2,(H2,20,22,26)/t12-/m0/s1. The third-order valence-corrected chi connectivity index (χ3v) is 4.97. The first-order valence-electron chi connectivity index (χ1n) is 8.74. The second-order valence-electron chi connectivity index (χ2n) is 6.79. The van der Waals surface area contributed by atoms with Crippen LogP contribution in [-0.2, 0) is 4.79 Å². The molecule has 0 bridgehead atoms. The highest BCUT2D eigenvalue weighted by atomic mass is 35.5. The second kappa shape index (κ2) is 6.99. The van der Waals surface area contributed by atoms with Crippen molar-refractivity contribution >= 4 is 29.2 Å². The quantitative estimate of drug-likeness (QED) is 0.845. The van der Waals surface area contributed by atoms with Gasteiger partial charge in [-0.2, -0.15) is 5.10 Å². The van der Waals surface area contributed by atoms with Crippen LogP contribution in [0.25, 0.3) is 5.69 Å². The number of hydrogen-bond donors (Lipinski definition) is 2. The van der Waals surface area contributed by atoms with Crippen molar-refractivity contribution in [1.82, 2.24) is 20.0 Å². The maximum atomic E-state index is 12.3. The third-order valence-electron chi connectivity index (χ3n) is 4.74. The molecule has 2 fully saturated rings.